The molecule has 0 bridgehead atoms. The van der Waals surface area contributed by atoms with Crippen LogP contribution in [0.15, 0.2) is 36.4 Å². The van der Waals surface area contributed by atoms with Crippen LogP contribution in [-0.4, -0.2) is 31.1 Å². The molecule has 2 aromatic rings. The molecule has 5 nitrogen and oxygen atoms in total. The van der Waals surface area contributed by atoms with E-state index < -0.39 is 5.97 Å². The standard InChI is InChI=1S/C17H16O5/c1-10(18)11-4-6-12(7-5-11)16-14(21-2)8-13(17(19)20)9-15(16)22-3/h4-9H,1-3H3,(H,19,20). The van der Waals surface area contributed by atoms with Crippen LogP contribution in [0.1, 0.15) is 27.6 Å². The molecule has 2 rings (SSSR count). The lowest BCUT2D eigenvalue weighted by molar-refractivity contribution is 0.0696. The Balaban J connectivity index is 2.62. The summed E-state index contributed by atoms with van der Waals surface area (Å²) in [5.41, 5.74) is 2.10. The number of rotatable bonds is 5. The molecule has 5 heteroatoms. The van der Waals surface area contributed by atoms with Crippen molar-refractivity contribution in [2.24, 2.45) is 0 Å². The molecule has 0 saturated heterocycles. The third-order valence-electron chi connectivity index (χ3n) is 3.33. The van der Waals surface area contributed by atoms with E-state index in [1.165, 1.54) is 33.3 Å². The van der Waals surface area contributed by atoms with Gasteiger partial charge in [-0.1, -0.05) is 24.3 Å². The highest BCUT2D eigenvalue weighted by atomic mass is 16.5. The summed E-state index contributed by atoms with van der Waals surface area (Å²) < 4.78 is 10.6. The summed E-state index contributed by atoms with van der Waals surface area (Å²) in [6.45, 7) is 1.50. The molecule has 0 aliphatic rings. The number of carbonyl (C=O) groups is 2. The Kier molecular flexibility index (Phi) is 4.46. The zero-order valence-corrected chi connectivity index (χ0v) is 12.5. The Morgan fingerprint density at radius 3 is 1.77 bits per heavy atom. The summed E-state index contributed by atoms with van der Waals surface area (Å²) in [4.78, 5) is 22.5. The second-order valence-electron chi connectivity index (χ2n) is 4.69. The Bertz CT molecular complexity index is 691. The van der Waals surface area contributed by atoms with Crippen molar-refractivity contribution >= 4 is 11.8 Å². The second-order valence-corrected chi connectivity index (χ2v) is 4.69. The predicted molar refractivity (Wildman–Crippen MR) is 81.9 cm³/mol. The molecule has 0 amide bonds. The van der Waals surface area contributed by atoms with Crippen LogP contribution in [-0.2, 0) is 0 Å². The molecule has 114 valence electrons. The zero-order valence-electron chi connectivity index (χ0n) is 12.5. The van der Waals surface area contributed by atoms with E-state index in [1.807, 2.05) is 0 Å². The van der Waals surface area contributed by atoms with Crippen molar-refractivity contribution in [3.63, 3.8) is 0 Å². The molecule has 0 atom stereocenters. The van der Waals surface area contributed by atoms with Crippen molar-refractivity contribution < 1.29 is 24.2 Å². The Morgan fingerprint density at radius 2 is 1.41 bits per heavy atom. The van der Waals surface area contributed by atoms with Crippen LogP contribution in [0.5, 0.6) is 11.5 Å². The topological polar surface area (TPSA) is 72.8 Å². The molecule has 22 heavy (non-hydrogen) atoms. The number of ether oxygens (including phenoxy) is 2. The largest absolute Gasteiger partial charge is 0.496 e. The highest BCUT2D eigenvalue weighted by Gasteiger charge is 2.17. The van der Waals surface area contributed by atoms with Crippen molar-refractivity contribution in [3.8, 4) is 22.6 Å². The number of hydrogen-bond donors (Lipinski definition) is 1. The summed E-state index contributed by atoms with van der Waals surface area (Å²) >= 11 is 0. The lowest BCUT2D eigenvalue weighted by Gasteiger charge is -2.15. The summed E-state index contributed by atoms with van der Waals surface area (Å²) in [6.07, 6.45) is 0. The van der Waals surface area contributed by atoms with E-state index in [1.54, 1.807) is 24.3 Å². The number of carboxylic acid groups (broad SMARTS) is 1. The summed E-state index contributed by atoms with van der Waals surface area (Å²) in [7, 11) is 2.93. The number of aromatic carboxylic acids is 1. The summed E-state index contributed by atoms with van der Waals surface area (Å²) in [6, 6.07) is 9.86. The Morgan fingerprint density at radius 1 is 0.909 bits per heavy atom. The van der Waals surface area contributed by atoms with Crippen LogP contribution in [0.2, 0.25) is 0 Å². The minimum atomic E-state index is -1.06. The fourth-order valence-corrected chi connectivity index (χ4v) is 2.19. The van der Waals surface area contributed by atoms with E-state index in [4.69, 9.17) is 14.6 Å². The number of benzene rings is 2. The van der Waals surface area contributed by atoms with E-state index in [9.17, 15) is 9.59 Å². The maximum Gasteiger partial charge on any atom is 0.335 e. The van der Waals surface area contributed by atoms with Gasteiger partial charge >= 0.3 is 5.97 Å². The van der Waals surface area contributed by atoms with E-state index >= 15 is 0 Å². The van der Waals surface area contributed by atoms with Crippen molar-refractivity contribution in [2.45, 2.75) is 6.92 Å². The van der Waals surface area contributed by atoms with Gasteiger partial charge in [-0.3, -0.25) is 4.79 Å². The van der Waals surface area contributed by atoms with Gasteiger partial charge < -0.3 is 14.6 Å². The molecule has 0 aliphatic carbocycles. The lowest BCUT2D eigenvalue weighted by atomic mass is 9.99. The third-order valence-corrected chi connectivity index (χ3v) is 3.33. The van der Waals surface area contributed by atoms with Gasteiger partial charge in [-0.2, -0.15) is 0 Å². The van der Waals surface area contributed by atoms with E-state index in [2.05, 4.69) is 0 Å². The van der Waals surface area contributed by atoms with Crippen LogP contribution in [0.4, 0.5) is 0 Å². The van der Waals surface area contributed by atoms with Crippen LogP contribution in [0.25, 0.3) is 11.1 Å². The van der Waals surface area contributed by atoms with Gasteiger partial charge in [0.15, 0.2) is 5.78 Å². The average Bonchev–Trinajstić information content (AvgIpc) is 2.53. The van der Waals surface area contributed by atoms with E-state index in [-0.39, 0.29) is 11.3 Å². The second kappa shape index (κ2) is 6.30. The molecule has 0 saturated carbocycles. The average molecular weight is 300 g/mol. The number of methoxy groups -OCH3 is 2. The van der Waals surface area contributed by atoms with Gasteiger partial charge in [0, 0.05) is 5.56 Å². The number of ketones is 1. The smallest absolute Gasteiger partial charge is 0.335 e. The first-order valence-electron chi connectivity index (χ1n) is 6.58. The van der Waals surface area contributed by atoms with Gasteiger partial charge in [-0.05, 0) is 24.6 Å². The zero-order chi connectivity index (χ0) is 16.3. The summed E-state index contributed by atoms with van der Waals surface area (Å²) in [5.74, 6) is -0.290. The first-order valence-corrected chi connectivity index (χ1v) is 6.58. The quantitative estimate of drug-likeness (QED) is 0.858. The van der Waals surface area contributed by atoms with Gasteiger partial charge in [-0.25, -0.2) is 4.79 Å². The van der Waals surface area contributed by atoms with Crippen molar-refractivity contribution in [3.05, 3.63) is 47.5 Å². The number of Topliss-reactive ketones (excluding diaryl/α,β-unsaturated/α-hetero) is 1. The Hall–Kier alpha value is -2.82. The molecule has 0 radical (unpaired) electrons. The van der Waals surface area contributed by atoms with Crippen molar-refractivity contribution in [1.82, 2.24) is 0 Å². The highest BCUT2D eigenvalue weighted by molar-refractivity contribution is 5.95. The molecule has 0 heterocycles. The maximum absolute atomic E-state index is 11.3. The maximum atomic E-state index is 11.3. The van der Waals surface area contributed by atoms with Crippen molar-refractivity contribution in [2.75, 3.05) is 14.2 Å². The summed E-state index contributed by atoms with van der Waals surface area (Å²) in [5, 5.41) is 9.14. The molecular formula is C17H16O5. The van der Waals surface area contributed by atoms with Crippen LogP contribution in [0.3, 0.4) is 0 Å². The van der Waals surface area contributed by atoms with Crippen LogP contribution in [0, 0.1) is 0 Å². The first kappa shape index (κ1) is 15.6. The third kappa shape index (κ3) is 2.93. The van der Waals surface area contributed by atoms with Crippen LogP contribution < -0.4 is 9.47 Å². The fourth-order valence-electron chi connectivity index (χ4n) is 2.19. The SMILES string of the molecule is COc1cc(C(=O)O)cc(OC)c1-c1ccc(C(C)=O)cc1. The van der Waals surface area contributed by atoms with Gasteiger partial charge in [-0.15, -0.1) is 0 Å². The minimum absolute atomic E-state index is 0.0216. The molecular weight excluding hydrogens is 284 g/mol. The normalized spacial score (nSPS) is 10.1. The van der Waals surface area contributed by atoms with Gasteiger partial charge in [0.25, 0.3) is 0 Å². The number of hydrogen-bond acceptors (Lipinski definition) is 4. The van der Waals surface area contributed by atoms with E-state index in [0.29, 0.717) is 22.6 Å². The fraction of sp³-hybridized carbons (Fsp3) is 0.176. The van der Waals surface area contributed by atoms with Crippen LogP contribution >= 0.6 is 0 Å². The predicted octanol–water partition coefficient (Wildman–Crippen LogP) is 3.27. The first-order chi connectivity index (χ1) is 10.5. The van der Waals surface area contributed by atoms with Crippen molar-refractivity contribution in [1.29, 1.82) is 0 Å². The van der Waals surface area contributed by atoms with Gasteiger partial charge in [0.05, 0.1) is 25.3 Å². The molecule has 0 fully saturated rings. The van der Waals surface area contributed by atoms with Gasteiger partial charge in [0.2, 0.25) is 0 Å². The number of carboxylic acids is 1. The molecule has 0 aliphatic heterocycles. The molecule has 2 aromatic carbocycles. The molecule has 0 unspecified atom stereocenters. The monoisotopic (exact) mass is 300 g/mol. The van der Waals surface area contributed by atoms with E-state index in [0.717, 1.165) is 5.56 Å². The molecule has 0 spiro atoms. The Labute approximate surface area is 128 Å². The highest BCUT2D eigenvalue weighted by Crippen LogP contribution is 2.39. The lowest BCUT2D eigenvalue weighted by Crippen LogP contribution is -2.01. The van der Waals surface area contributed by atoms with Gasteiger partial charge in [0.1, 0.15) is 11.5 Å². The minimum Gasteiger partial charge on any atom is -0.496 e. The number of carbonyl (C=O) groups excluding carboxylic acids is 1. The molecule has 0 aromatic heterocycles. The molecule has 1 N–H and O–H groups in total.